The summed E-state index contributed by atoms with van der Waals surface area (Å²) in [6.07, 6.45) is 0. The number of nitrogens with two attached hydrogens (primary N) is 2. The van der Waals surface area contributed by atoms with Crippen molar-refractivity contribution in [3.05, 3.63) is 42.5 Å². The minimum atomic E-state index is 0.468. The van der Waals surface area contributed by atoms with Gasteiger partial charge in [-0.3, -0.25) is 0 Å². The predicted octanol–water partition coefficient (Wildman–Crippen LogP) is 2.10. The molecular weight excluding hydrogens is 228 g/mol. The third-order valence-electron chi connectivity index (χ3n) is 2.82. The summed E-state index contributed by atoms with van der Waals surface area (Å²) in [6.45, 7) is 0. The quantitative estimate of drug-likeness (QED) is 0.449. The molecule has 2 aromatic carbocycles. The molecule has 0 aliphatic carbocycles. The molecule has 90 valence electrons. The summed E-state index contributed by atoms with van der Waals surface area (Å²) in [7, 11) is 0. The van der Waals surface area contributed by atoms with Gasteiger partial charge in [-0.05, 0) is 42.5 Å². The lowest BCUT2D eigenvalue weighted by Crippen LogP contribution is -1.95. The lowest BCUT2D eigenvalue weighted by molar-refractivity contribution is 0.203. The van der Waals surface area contributed by atoms with Gasteiger partial charge in [0, 0.05) is 16.9 Å². The minimum absolute atomic E-state index is 0.468. The van der Waals surface area contributed by atoms with Crippen molar-refractivity contribution in [2.24, 2.45) is 0 Å². The van der Waals surface area contributed by atoms with Crippen molar-refractivity contribution in [2.45, 2.75) is 0 Å². The Labute approximate surface area is 103 Å². The molecule has 0 unspecified atom stereocenters. The van der Waals surface area contributed by atoms with Crippen LogP contribution in [0.2, 0.25) is 0 Å². The fourth-order valence-corrected chi connectivity index (χ4v) is 1.90. The highest BCUT2D eigenvalue weighted by Crippen LogP contribution is 2.25. The Morgan fingerprint density at radius 3 is 2.33 bits per heavy atom. The Bertz CT molecular complexity index is 716. The number of hydrogen-bond donors (Lipinski definition) is 3. The first-order valence-corrected chi connectivity index (χ1v) is 5.48. The molecule has 0 saturated heterocycles. The summed E-state index contributed by atoms with van der Waals surface area (Å²) in [4.78, 5) is 4.37. The van der Waals surface area contributed by atoms with Gasteiger partial charge in [-0.1, -0.05) is 0 Å². The van der Waals surface area contributed by atoms with Gasteiger partial charge < -0.3 is 16.7 Å². The van der Waals surface area contributed by atoms with Crippen LogP contribution in [0.15, 0.2) is 42.5 Å². The lowest BCUT2D eigenvalue weighted by Gasteiger charge is -2.01. The summed E-state index contributed by atoms with van der Waals surface area (Å²) in [5, 5.41) is 10.1. The zero-order valence-electron chi connectivity index (χ0n) is 9.54. The molecule has 0 radical (unpaired) electrons. The maximum atomic E-state index is 10.1. The van der Waals surface area contributed by atoms with Gasteiger partial charge in [0.2, 0.25) is 0 Å². The van der Waals surface area contributed by atoms with Crippen LogP contribution in [-0.4, -0.2) is 14.9 Å². The number of nitrogen functional groups attached to an aromatic ring is 2. The highest BCUT2D eigenvalue weighted by atomic mass is 16.5. The van der Waals surface area contributed by atoms with E-state index in [1.807, 2.05) is 12.1 Å². The van der Waals surface area contributed by atoms with E-state index in [4.69, 9.17) is 11.5 Å². The van der Waals surface area contributed by atoms with E-state index in [1.165, 1.54) is 0 Å². The third kappa shape index (κ3) is 1.53. The molecule has 0 spiro atoms. The monoisotopic (exact) mass is 240 g/mol. The van der Waals surface area contributed by atoms with Gasteiger partial charge in [0.15, 0.2) is 5.82 Å². The molecule has 0 atom stereocenters. The number of nitrogens with zero attached hydrogens (tertiary/aromatic N) is 2. The van der Waals surface area contributed by atoms with Crippen molar-refractivity contribution >= 4 is 22.4 Å². The second kappa shape index (κ2) is 3.66. The molecule has 0 aliphatic heterocycles. The molecule has 5 N–H and O–H groups in total. The number of fused-ring (bicyclic) bond motifs is 1. The van der Waals surface area contributed by atoms with E-state index in [2.05, 4.69) is 4.98 Å². The molecule has 1 heterocycles. The smallest absolute Gasteiger partial charge is 0.176 e. The number of benzene rings is 2. The Hall–Kier alpha value is -2.69. The maximum absolute atomic E-state index is 10.1. The second-order valence-electron chi connectivity index (χ2n) is 4.12. The Kier molecular flexibility index (Phi) is 2.13. The second-order valence-corrected chi connectivity index (χ2v) is 4.12. The van der Waals surface area contributed by atoms with Gasteiger partial charge in [-0.15, -0.1) is 0 Å². The maximum Gasteiger partial charge on any atom is 0.176 e. The summed E-state index contributed by atoms with van der Waals surface area (Å²) >= 11 is 0. The van der Waals surface area contributed by atoms with Crippen molar-refractivity contribution < 1.29 is 5.21 Å². The zero-order chi connectivity index (χ0) is 12.7. The van der Waals surface area contributed by atoms with Gasteiger partial charge in [-0.25, -0.2) is 4.98 Å². The molecule has 0 fully saturated rings. The first kappa shape index (κ1) is 10.5. The van der Waals surface area contributed by atoms with Crippen LogP contribution in [0.5, 0.6) is 0 Å². The van der Waals surface area contributed by atoms with Crippen molar-refractivity contribution in [1.29, 1.82) is 0 Å². The largest absolute Gasteiger partial charge is 0.426 e. The molecule has 0 amide bonds. The third-order valence-corrected chi connectivity index (χ3v) is 2.82. The normalized spacial score (nSPS) is 10.9. The van der Waals surface area contributed by atoms with E-state index in [1.54, 1.807) is 30.3 Å². The molecule has 0 saturated carbocycles. The molecule has 5 nitrogen and oxygen atoms in total. The summed E-state index contributed by atoms with van der Waals surface area (Å²) in [5.74, 6) is 0.468. The Morgan fingerprint density at radius 1 is 0.944 bits per heavy atom. The molecule has 0 aliphatic rings. The van der Waals surface area contributed by atoms with E-state index in [0.29, 0.717) is 28.2 Å². The standard InChI is InChI=1S/C13H12N4O/c14-9-3-1-8(2-4-9)13-16-11-6-5-10(15)7-12(11)17(13)18/h1-7,18H,14-15H2. The van der Waals surface area contributed by atoms with Crippen LogP contribution in [0.4, 0.5) is 11.4 Å². The van der Waals surface area contributed by atoms with E-state index < -0.39 is 0 Å². The van der Waals surface area contributed by atoms with Crippen LogP contribution in [0.1, 0.15) is 0 Å². The van der Waals surface area contributed by atoms with Crippen molar-refractivity contribution in [3.63, 3.8) is 0 Å². The van der Waals surface area contributed by atoms with Gasteiger partial charge in [-0.2, -0.15) is 4.73 Å². The van der Waals surface area contributed by atoms with E-state index in [0.717, 1.165) is 10.3 Å². The van der Waals surface area contributed by atoms with Crippen molar-refractivity contribution in [3.8, 4) is 11.4 Å². The lowest BCUT2D eigenvalue weighted by atomic mass is 10.2. The number of rotatable bonds is 1. The van der Waals surface area contributed by atoms with Crippen LogP contribution in [0.25, 0.3) is 22.4 Å². The van der Waals surface area contributed by atoms with E-state index in [9.17, 15) is 5.21 Å². The Balaban J connectivity index is 2.23. The molecule has 18 heavy (non-hydrogen) atoms. The molecular formula is C13H12N4O. The fraction of sp³-hybridized carbons (Fsp3) is 0. The molecule has 0 bridgehead atoms. The Morgan fingerprint density at radius 2 is 1.61 bits per heavy atom. The van der Waals surface area contributed by atoms with Crippen LogP contribution in [0, 0.1) is 0 Å². The molecule has 3 aromatic rings. The fourth-order valence-electron chi connectivity index (χ4n) is 1.90. The average molecular weight is 240 g/mol. The minimum Gasteiger partial charge on any atom is -0.426 e. The molecule has 5 heteroatoms. The van der Waals surface area contributed by atoms with E-state index >= 15 is 0 Å². The first-order chi connectivity index (χ1) is 8.65. The van der Waals surface area contributed by atoms with Gasteiger partial charge in [0.25, 0.3) is 0 Å². The van der Waals surface area contributed by atoms with Crippen LogP contribution in [0.3, 0.4) is 0 Å². The summed E-state index contributed by atoms with van der Waals surface area (Å²) in [5.41, 5.74) is 14.6. The van der Waals surface area contributed by atoms with Crippen molar-refractivity contribution in [1.82, 2.24) is 9.71 Å². The van der Waals surface area contributed by atoms with Gasteiger partial charge >= 0.3 is 0 Å². The molecule has 3 rings (SSSR count). The SMILES string of the molecule is Nc1ccc(-c2nc3ccc(N)cc3n2O)cc1. The highest BCUT2D eigenvalue weighted by Gasteiger charge is 2.11. The predicted molar refractivity (Wildman–Crippen MR) is 71.2 cm³/mol. The summed E-state index contributed by atoms with van der Waals surface area (Å²) in [6, 6.07) is 12.4. The topological polar surface area (TPSA) is 90.1 Å². The van der Waals surface area contributed by atoms with E-state index in [-0.39, 0.29) is 0 Å². The summed E-state index contributed by atoms with van der Waals surface area (Å²) < 4.78 is 1.04. The zero-order valence-corrected chi connectivity index (χ0v) is 9.54. The molecule has 1 aromatic heterocycles. The first-order valence-electron chi connectivity index (χ1n) is 5.48. The van der Waals surface area contributed by atoms with Crippen molar-refractivity contribution in [2.75, 3.05) is 11.5 Å². The average Bonchev–Trinajstić information content (AvgIpc) is 2.68. The highest BCUT2D eigenvalue weighted by molar-refractivity contribution is 5.83. The number of anilines is 2. The number of imidazole rings is 1. The van der Waals surface area contributed by atoms with Gasteiger partial charge in [0.1, 0.15) is 5.52 Å². The van der Waals surface area contributed by atoms with Crippen LogP contribution in [-0.2, 0) is 0 Å². The van der Waals surface area contributed by atoms with Crippen LogP contribution >= 0.6 is 0 Å². The number of hydrogen-bond acceptors (Lipinski definition) is 4. The van der Waals surface area contributed by atoms with Crippen LogP contribution < -0.4 is 11.5 Å². The number of aromatic nitrogens is 2. The van der Waals surface area contributed by atoms with Gasteiger partial charge in [0.05, 0.1) is 5.52 Å².